The molecule has 0 radical (unpaired) electrons. The Morgan fingerprint density at radius 1 is 0.846 bits per heavy atom. The summed E-state index contributed by atoms with van der Waals surface area (Å²) in [5, 5.41) is 6.42. The molecule has 3 aromatic carbocycles. The van der Waals surface area contributed by atoms with Gasteiger partial charge < -0.3 is 0 Å². The topological polar surface area (TPSA) is 32.7 Å². The van der Waals surface area contributed by atoms with Gasteiger partial charge in [0.05, 0.1) is 11.3 Å². The number of hydrazone groups is 1. The molecule has 128 valence electrons. The summed E-state index contributed by atoms with van der Waals surface area (Å²) >= 11 is 0. The number of hydrogen-bond donors (Lipinski definition) is 0. The number of hydrogen-bond acceptors (Lipinski definition) is 2. The molecule has 1 atom stereocenters. The second-order valence-corrected chi connectivity index (χ2v) is 6.71. The van der Waals surface area contributed by atoms with Crippen molar-refractivity contribution in [1.29, 1.82) is 0 Å². The Kier molecular flexibility index (Phi) is 4.13. The number of amides is 1. The van der Waals surface area contributed by atoms with Gasteiger partial charge in [0, 0.05) is 12.0 Å². The first kappa shape index (κ1) is 16.3. The zero-order chi connectivity index (χ0) is 18.0. The number of benzene rings is 3. The fourth-order valence-corrected chi connectivity index (χ4v) is 3.45. The lowest BCUT2D eigenvalue weighted by Gasteiger charge is -2.33. The SMILES string of the molecule is CC1(c2ccccc2)CC(c2ccccc2)=NN1C(=O)c1ccccc1. The lowest BCUT2D eigenvalue weighted by atomic mass is 9.85. The number of carbonyl (C=O) groups excluding carboxylic acids is 1. The zero-order valence-electron chi connectivity index (χ0n) is 14.7. The van der Waals surface area contributed by atoms with Gasteiger partial charge in [-0.2, -0.15) is 5.10 Å². The van der Waals surface area contributed by atoms with Crippen molar-refractivity contribution in [1.82, 2.24) is 5.01 Å². The van der Waals surface area contributed by atoms with Crippen LogP contribution in [-0.2, 0) is 5.54 Å². The van der Waals surface area contributed by atoms with Crippen molar-refractivity contribution in [3.05, 3.63) is 108 Å². The van der Waals surface area contributed by atoms with Crippen LogP contribution in [0, 0.1) is 0 Å². The van der Waals surface area contributed by atoms with Gasteiger partial charge in [0.2, 0.25) is 0 Å². The average Bonchev–Trinajstić information content (AvgIpc) is 3.08. The van der Waals surface area contributed by atoms with E-state index in [2.05, 4.69) is 19.1 Å². The van der Waals surface area contributed by atoms with Gasteiger partial charge in [0.15, 0.2) is 0 Å². The van der Waals surface area contributed by atoms with E-state index in [1.54, 1.807) is 5.01 Å². The molecule has 0 spiro atoms. The summed E-state index contributed by atoms with van der Waals surface area (Å²) in [7, 11) is 0. The minimum Gasteiger partial charge on any atom is -0.267 e. The maximum absolute atomic E-state index is 13.2. The quantitative estimate of drug-likeness (QED) is 0.671. The second-order valence-electron chi connectivity index (χ2n) is 6.71. The molecule has 3 nitrogen and oxygen atoms in total. The maximum atomic E-state index is 13.2. The molecule has 1 aliphatic heterocycles. The highest BCUT2D eigenvalue weighted by molar-refractivity contribution is 6.05. The second kappa shape index (κ2) is 6.60. The molecule has 0 N–H and O–H groups in total. The first-order valence-corrected chi connectivity index (χ1v) is 8.76. The Labute approximate surface area is 153 Å². The molecule has 0 aromatic heterocycles. The van der Waals surface area contributed by atoms with E-state index in [0.29, 0.717) is 12.0 Å². The molecule has 0 saturated carbocycles. The third kappa shape index (κ3) is 2.82. The molecule has 1 aliphatic rings. The van der Waals surface area contributed by atoms with Gasteiger partial charge in [-0.15, -0.1) is 0 Å². The monoisotopic (exact) mass is 340 g/mol. The van der Waals surface area contributed by atoms with E-state index >= 15 is 0 Å². The van der Waals surface area contributed by atoms with Crippen molar-refractivity contribution in [2.24, 2.45) is 5.10 Å². The van der Waals surface area contributed by atoms with Gasteiger partial charge >= 0.3 is 0 Å². The summed E-state index contributed by atoms with van der Waals surface area (Å²) in [5.74, 6) is -0.0807. The number of carbonyl (C=O) groups is 1. The third-order valence-electron chi connectivity index (χ3n) is 4.92. The molecular weight excluding hydrogens is 320 g/mol. The fourth-order valence-electron chi connectivity index (χ4n) is 3.45. The minimum atomic E-state index is -0.515. The first-order chi connectivity index (χ1) is 12.7. The van der Waals surface area contributed by atoms with Crippen LogP contribution in [0.5, 0.6) is 0 Å². The van der Waals surface area contributed by atoms with Crippen molar-refractivity contribution in [3.8, 4) is 0 Å². The Balaban J connectivity index is 1.80. The zero-order valence-corrected chi connectivity index (χ0v) is 14.7. The van der Waals surface area contributed by atoms with Crippen LogP contribution in [0.4, 0.5) is 0 Å². The summed E-state index contributed by atoms with van der Waals surface area (Å²) in [6.07, 6.45) is 0.680. The Bertz CT molecular complexity index is 936. The van der Waals surface area contributed by atoms with Gasteiger partial charge in [-0.05, 0) is 30.2 Å². The molecule has 0 aliphatic carbocycles. The van der Waals surface area contributed by atoms with E-state index < -0.39 is 5.54 Å². The maximum Gasteiger partial charge on any atom is 0.274 e. The third-order valence-corrected chi connectivity index (χ3v) is 4.92. The molecule has 3 heteroatoms. The molecule has 1 amide bonds. The van der Waals surface area contributed by atoms with Gasteiger partial charge in [0.1, 0.15) is 0 Å². The molecule has 0 bridgehead atoms. The van der Waals surface area contributed by atoms with E-state index in [9.17, 15) is 4.79 Å². The van der Waals surface area contributed by atoms with Crippen molar-refractivity contribution in [3.63, 3.8) is 0 Å². The Hall–Kier alpha value is -3.20. The number of rotatable bonds is 3. The highest BCUT2D eigenvalue weighted by Gasteiger charge is 2.43. The predicted molar refractivity (Wildman–Crippen MR) is 104 cm³/mol. The summed E-state index contributed by atoms with van der Waals surface area (Å²) < 4.78 is 0. The molecule has 4 rings (SSSR count). The van der Waals surface area contributed by atoms with Crippen molar-refractivity contribution in [2.45, 2.75) is 18.9 Å². The molecular formula is C23H20N2O. The summed E-state index contributed by atoms with van der Waals surface area (Å²) in [6, 6.07) is 29.5. The van der Waals surface area contributed by atoms with Gasteiger partial charge in [-0.25, -0.2) is 5.01 Å². The van der Waals surface area contributed by atoms with Crippen LogP contribution < -0.4 is 0 Å². The van der Waals surface area contributed by atoms with Crippen LogP contribution >= 0.6 is 0 Å². The highest BCUT2D eigenvalue weighted by Crippen LogP contribution is 2.39. The highest BCUT2D eigenvalue weighted by atomic mass is 16.2. The lowest BCUT2D eigenvalue weighted by molar-refractivity contribution is 0.0574. The van der Waals surface area contributed by atoms with Crippen molar-refractivity contribution in [2.75, 3.05) is 0 Å². The van der Waals surface area contributed by atoms with Gasteiger partial charge in [-0.1, -0.05) is 78.9 Å². The largest absolute Gasteiger partial charge is 0.274 e. The van der Waals surface area contributed by atoms with E-state index in [1.807, 2.05) is 78.9 Å². The van der Waals surface area contributed by atoms with Gasteiger partial charge in [0.25, 0.3) is 5.91 Å². The Morgan fingerprint density at radius 3 is 2.00 bits per heavy atom. The van der Waals surface area contributed by atoms with Crippen LogP contribution in [-0.4, -0.2) is 16.6 Å². The summed E-state index contributed by atoms with van der Waals surface area (Å²) in [5.41, 5.74) is 3.20. The molecule has 1 heterocycles. The van der Waals surface area contributed by atoms with E-state index in [4.69, 9.17) is 5.10 Å². The molecule has 1 unspecified atom stereocenters. The van der Waals surface area contributed by atoms with E-state index in [0.717, 1.165) is 16.8 Å². The minimum absolute atomic E-state index is 0.0807. The van der Waals surface area contributed by atoms with Crippen LogP contribution in [0.3, 0.4) is 0 Å². The van der Waals surface area contributed by atoms with Crippen molar-refractivity contribution < 1.29 is 4.79 Å². The van der Waals surface area contributed by atoms with Crippen LogP contribution in [0.2, 0.25) is 0 Å². The molecule has 0 saturated heterocycles. The first-order valence-electron chi connectivity index (χ1n) is 8.76. The van der Waals surface area contributed by atoms with E-state index in [-0.39, 0.29) is 5.91 Å². The van der Waals surface area contributed by atoms with Crippen LogP contribution in [0.1, 0.15) is 34.8 Å². The van der Waals surface area contributed by atoms with E-state index in [1.165, 1.54) is 0 Å². The normalized spacial score (nSPS) is 19.3. The Morgan fingerprint density at radius 2 is 1.38 bits per heavy atom. The average molecular weight is 340 g/mol. The summed E-state index contributed by atoms with van der Waals surface area (Å²) in [4.78, 5) is 13.2. The number of nitrogens with zero attached hydrogens (tertiary/aromatic N) is 2. The molecule has 26 heavy (non-hydrogen) atoms. The predicted octanol–water partition coefficient (Wildman–Crippen LogP) is 4.85. The fraction of sp³-hybridized carbons (Fsp3) is 0.130. The standard InChI is InChI=1S/C23H20N2O/c1-23(20-15-9-4-10-16-20)17-21(18-11-5-2-6-12-18)24-25(23)22(26)19-13-7-3-8-14-19/h2-16H,17H2,1H3. The van der Waals surface area contributed by atoms with Crippen molar-refractivity contribution >= 4 is 11.6 Å². The molecule has 0 fully saturated rings. The van der Waals surface area contributed by atoms with Crippen LogP contribution in [0.25, 0.3) is 0 Å². The molecule has 3 aromatic rings. The lowest BCUT2D eigenvalue weighted by Crippen LogP contribution is -2.41. The smallest absolute Gasteiger partial charge is 0.267 e. The summed E-state index contributed by atoms with van der Waals surface area (Å²) in [6.45, 7) is 2.09. The van der Waals surface area contributed by atoms with Gasteiger partial charge in [-0.3, -0.25) is 4.79 Å². The van der Waals surface area contributed by atoms with Crippen LogP contribution in [0.15, 0.2) is 96.1 Å².